The van der Waals surface area contributed by atoms with Gasteiger partial charge in [0.15, 0.2) is 0 Å². The highest BCUT2D eigenvalue weighted by molar-refractivity contribution is 5.94. The summed E-state index contributed by atoms with van der Waals surface area (Å²) in [6.07, 6.45) is 0.365. The fraction of sp³-hybridized carbons (Fsp3) is 0.300. The number of ether oxygens (including phenoxy) is 1. The molecule has 5 nitrogen and oxygen atoms in total. The third kappa shape index (κ3) is 3.37. The molecule has 0 aromatic heterocycles. The van der Waals surface area contributed by atoms with Crippen LogP contribution >= 0.6 is 0 Å². The first-order chi connectivity index (χ1) is 13.1. The summed E-state index contributed by atoms with van der Waals surface area (Å²) >= 11 is 0. The third-order valence-electron chi connectivity index (χ3n) is 4.98. The van der Waals surface area contributed by atoms with Gasteiger partial charge in [0.2, 0.25) is 0 Å². The molecule has 0 unspecified atom stereocenters. The van der Waals surface area contributed by atoms with Crippen LogP contribution in [0, 0.1) is 17.6 Å². The number of carbonyl (C=O) groups is 2. The van der Waals surface area contributed by atoms with Gasteiger partial charge < -0.3 is 10.1 Å². The second-order valence-corrected chi connectivity index (χ2v) is 6.69. The number of amides is 2. The monoisotopic (exact) mass is 372 g/mol. The first-order valence-corrected chi connectivity index (χ1v) is 8.80. The van der Waals surface area contributed by atoms with Crippen molar-refractivity contribution in [2.24, 2.45) is 5.92 Å². The van der Waals surface area contributed by atoms with Crippen molar-refractivity contribution in [3.63, 3.8) is 0 Å². The van der Waals surface area contributed by atoms with Crippen LogP contribution in [0.5, 0.6) is 0 Å². The summed E-state index contributed by atoms with van der Waals surface area (Å²) in [5, 5.41) is 2.77. The van der Waals surface area contributed by atoms with Crippen LogP contribution in [0.4, 0.5) is 19.3 Å². The minimum absolute atomic E-state index is 0.0174. The summed E-state index contributed by atoms with van der Waals surface area (Å²) in [7, 11) is 0. The third-order valence-corrected chi connectivity index (χ3v) is 4.98. The number of nitrogens with one attached hydrogen (secondary N) is 1. The second kappa shape index (κ2) is 6.98. The second-order valence-electron chi connectivity index (χ2n) is 6.69. The fourth-order valence-corrected chi connectivity index (χ4v) is 3.51. The molecule has 4 rings (SSSR count). The van der Waals surface area contributed by atoms with Gasteiger partial charge in [-0.05, 0) is 30.2 Å². The minimum atomic E-state index is -0.642. The van der Waals surface area contributed by atoms with Crippen LogP contribution in [0.3, 0.4) is 0 Å². The zero-order valence-electron chi connectivity index (χ0n) is 14.5. The predicted octanol–water partition coefficient (Wildman–Crippen LogP) is 3.34. The number of rotatable bonds is 5. The van der Waals surface area contributed by atoms with Crippen molar-refractivity contribution in [2.45, 2.75) is 18.9 Å². The smallest absolute Gasteiger partial charge is 0.322 e. The van der Waals surface area contributed by atoms with Crippen LogP contribution in [0.2, 0.25) is 0 Å². The molecule has 2 aliphatic rings. The number of halogens is 2. The highest BCUT2D eigenvalue weighted by Gasteiger charge is 2.47. The van der Waals surface area contributed by atoms with Gasteiger partial charge in [0, 0.05) is 18.0 Å². The molecule has 1 aliphatic heterocycles. The summed E-state index contributed by atoms with van der Waals surface area (Å²) in [5.74, 6) is -2.81. The number of urea groups is 1. The molecule has 2 atom stereocenters. The Balaban J connectivity index is 1.34. The SMILES string of the molecule is O=C(OCCN1C(=O)NCc2ccccc21)[C@H]1C[C@@H]1c1c(F)cccc1F. The van der Waals surface area contributed by atoms with E-state index in [1.165, 1.54) is 23.1 Å². The highest BCUT2D eigenvalue weighted by Crippen LogP contribution is 2.49. The van der Waals surface area contributed by atoms with Crippen LogP contribution in [0.25, 0.3) is 0 Å². The summed E-state index contributed by atoms with van der Waals surface area (Å²) in [4.78, 5) is 25.8. The lowest BCUT2D eigenvalue weighted by atomic mass is 10.1. The number of fused-ring (bicyclic) bond motifs is 1. The zero-order valence-corrected chi connectivity index (χ0v) is 14.5. The molecular formula is C20H18F2N2O3. The molecule has 140 valence electrons. The maximum absolute atomic E-state index is 13.8. The van der Waals surface area contributed by atoms with Gasteiger partial charge in [0.25, 0.3) is 0 Å². The van der Waals surface area contributed by atoms with E-state index in [-0.39, 0.29) is 24.7 Å². The van der Waals surface area contributed by atoms with Crippen LogP contribution in [0.15, 0.2) is 42.5 Å². The van der Waals surface area contributed by atoms with Crippen molar-refractivity contribution >= 4 is 17.7 Å². The van der Waals surface area contributed by atoms with Gasteiger partial charge in [0.1, 0.15) is 18.2 Å². The Morgan fingerprint density at radius 2 is 1.89 bits per heavy atom. The maximum Gasteiger partial charge on any atom is 0.322 e. The normalized spacial score (nSPS) is 20.7. The number of anilines is 1. The van der Waals surface area contributed by atoms with E-state index < -0.39 is 29.4 Å². The molecule has 2 aromatic rings. The topological polar surface area (TPSA) is 58.6 Å². The van der Waals surface area contributed by atoms with Crippen LogP contribution in [-0.2, 0) is 16.1 Å². The molecule has 0 spiro atoms. The van der Waals surface area contributed by atoms with Gasteiger partial charge in [-0.2, -0.15) is 0 Å². The van der Waals surface area contributed by atoms with E-state index in [9.17, 15) is 18.4 Å². The molecule has 7 heteroatoms. The molecule has 1 aliphatic carbocycles. The van der Waals surface area contributed by atoms with E-state index in [1.54, 1.807) is 0 Å². The standard InChI is InChI=1S/C20H18F2N2O3/c21-15-5-3-6-16(22)18(15)13-10-14(13)19(25)27-9-8-24-17-7-2-1-4-12(17)11-23-20(24)26/h1-7,13-14H,8-11H2,(H,23,26)/t13-,14-/m0/s1. The number of nitrogens with zero attached hydrogens (tertiary/aromatic N) is 1. The lowest BCUT2D eigenvalue weighted by Crippen LogP contribution is -2.45. The van der Waals surface area contributed by atoms with Crippen molar-refractivity contribution in [1.82, 2.24) is 5.32 Å². The molecular weight excluding hydrogens is 354 g/mol. The molecule has 0 radical (unpaired) electrons. The largest absolute Gasteiger partial charge is 0.464 e. The Hall–Kier alpha value is -2.96. The average molecular weight is 372 g/mol. The van der Waals surface area contributed by atoms with Crippen molar-refractivity contribution in [3.05, 3.63) is 65.2 Å². The molecule has 0 bridgehead atoms. The van der Waals surface area contributed by atoms with Gasteiger partial charge in [0.05, 0.1) is 18.2 Å². The Bertz CT molecular complexity index is 882. The molecule has 1 N–H and O–H groups in total. The number of hydrogen-bond acceptors (Lipinski definition) is 3. The van der Waals surface area contributed by atoms with Crippen LogP contribution in [-0.4, -0.2) is 25.2 Å². The Kier molecular flexibility index (Phi) is 4.51. The maximum atomic E-state index is 13.8. The number of esters is 1. The molecule has 1 saturated carbocycles. The van der Waals surface area contributed by atoms with Crippen molar-refractivity contribution < 1.29 is 23.1 Å². The molecule has 2 aromatic carbocycles. The highest BCUT2D eigenvalue weighted by atomic mass is 19.1. The predicted molar refractivity (Wildman–Crippen MR) is 94.2 cm³/mol. The van der Waals surface area contributed by atoms with E-state index >= 15 is 0 Å². The number of benzene rings is 2. The van der Waals surface area contributed by atoms with Gasteiger partial charge in [-0.25, -0.2) is 13.6 Å². The minimum Gasteiger partial charge on any atom is -0.464 e. The summed E-state index contributed by atoms with van der Waals surface area (Å²) in [6, 6.07) is 10.9. The number of hydrogen-bond donors (Lipinski definition) is 1. The van der Waals surface area contributed by atoms with Gasteiger partial charge in [-0.15, -0.1) is 0 Å². The lowest BCUT2D eigenvalue weighted by Gasteiger charge is -2.29. The van der Waals surface area contributed by atoms with Gasteiger partial charge in [-0.1, -0.05) is 24.3 Å². The summed E-state index contributed by atoms with van der Waals surface area (Å²) in [6.45, 7) is 0.687. The first-order valence-electron chi connectivity index (χ1n) is 8.80. The Morgan fingerprint density at radius 1 is 1.15 bits per heavy atom. The van der Waals surface area contributed by atoms with Crippen molar-refractivity contribution in [1.29, 1.82) is 0 Å². The Labute approximate surface area is 154 Å². The van der Waals surface area contributed by atoms with E-state index in [4.69, 9.17) is 4.74 Å². The van der Waals surface area contributed by atoms with Crippen molar-refractivity contribution in [3.8, 4) is 0 Å². The number of para-hydroxylation sites is 1. The van der Waals surface area contributed by atoms with Crippen LogP contribution in [0.1, 0.15) is 23.5 Å². The number of carbonyl (C=O) groups excluding carboxylic acids is 2. The summed E-state index contributed by atoms with van der Waals surface area (Å²) in [5.41, 5.74) is 1.72. The molecule has 2 amide bonds. The van der Waals surface area contributed by atoms with Gasteiger partial charge in [-0.3, -0.25) is 9.69 Å². The molecule has 1 fully saturated rings. The van der Waals surface area contributed by atoms with Gasteiger partial charge >= 0.3 is 12.0 Å². The lowest BCUT2D eigenvalue weighted by molar-refractivity contribution is -0.145. The molecule has 27 heavy (non-hydrogen) atoms. The fourth-order valence-electron chi connectivity index (χ4n) is 3.51. The van der Waals surface area contributed by atoms with E-state index in [1.807, 2.05) is 24.3 Å². The average Bonchev–Trinajstić information content (AvgIpc) is 3.44. The van der Waals surface area contributed by atoms with E-state index in [2.05, 4.69) is 5.32 Å². The molecule has 1 heterocycles. The summed E-state index contributed by atoms with van der Waals surface area (Å²) < 4.78 is 32.9. The zero-order chi connectivity index (χ0) is 19.0. The van der Waals surface area contributed by atoms with E-state index in [0.29, 0.717) is 13.0 Å². The van der Waals surface area contributed by atoms with Crippen molar-refractivity contribution in [2.75, 3.05) is 18.1 Å². The molecule has 0 saturated heterocycles. The van der Waals surface area contributed by atoms with Crippen LogP contribution < -0.4 is 10.2 Å². The first kappa shape index (κ1) is 17.5. The Morgan fingerprint density at radius 3 is 2.67 bits per heavy atom. The van der Waals surface area contributed by atoms with E-state index in [0.717, 1.165) is 11.3 Å². The quantitative estimate of drug-likeness (QED) is 0.819.